The Morgan fingerprint density at radius 2 is 1.72 bits per heavy atom. The minimum absolute atomic E-state index is 0.0245. The second-order valence-electron chi connectivity index (χ2n) is 8.19. The minimum Gasteiger partial charge on any atom is -0.455 e. The topological polar surface area (TPSA) is 59.5 Å². The summed E-state index contributed by atoms with van der Waals surface area (Å²) in [5.41, 5.74) is 1.64. The normalized spacial score (nSPS) is 15.7. The van der Waals surface area contributed by atoms with E-state index in [9.17, 15) is 9.59 Å². The van der Waals surface area contributed by atoms with Gasteiger partial charge in [0.25, 0.3) is 5.91 Å². The Hall–Kier alpha value is -3.25. The Morgan fingerprint density at radius 1 is 1.00 bits per heavy atom. The van der Waals surface area contributed by atoms with Crippen LogP contribution in [0.15, 0.2) is 66.7 Å². The zero-order chi connectivity index (χ0) is 22.1. The number of carbonyl (C=O) groups is 2. The summed E-state index contributed by atoms with van der Waals surface area (Å²) in [7, 11) is 0. The highest BCUT2D eigenvalue weighted by atomic mass is 32.1. The van der Waals surface area contributed by atoms with Gasteiger partial charge in [-0.2, -0.15) is 0 Å². The van der Waals surface area contributed by atoms with Gasteiger partial charge in [-0.05, 0) is 48.7 Å². The van der Waals surface area contributed by atoms with Crippen LogP contribution in [-0.4, -0.2) is 34.8 Å². The molecule has 4 aromatic rings. The van der Waals surface area contributed by atoms with E-state index in [0.29, 0.717) is 31.5 Å². The molecule has 1 aliphatic heterocycles. The van der Waals surface area contributed by atoms with Crippen molar-refractivity contribution in [3.8, 4) is 0 Å². The molecule has 0 bridgehead atoms. The van der Waals surface area contributed by atoms with Crippen molar-refractivity contribution in [3.05, 3.63) is 77.3 Å². The number of para-hydroxylation sites is 1. The van der Waals surface area contributed by atoms with Crippen molar-refractivity contribution in [2.24, 2.45) is 5.92 Å². The lowest BCUT2D eigenvalue weighted by Gasteiger charge is -2.31. The Morgan fingerprint density at radius 3 is 2.53 bits per heavy atom. The number of ether oxygens (including phenoxy) is 1. The molecule has 0 aliphatic carbocycles. The Kier molecular flexibility index (Phi) is 5.62. The van der Waals surface area contributed by atoms with Gasteiger partial charge in [0.15, 0.2) is 6.10 Å². The predicted molar refractivity (Wildman–Crippen MR) is 127 cm³/mol. The summed E-state index contributed by atoms with van der Waals surface area (Å²) >= 11 is 1.56. The molecule has 1 amide bonds. The second kappa shape index (κ2) is 8.71. The zero-order valence-corrected chi connectivity index (χ0v) is 18.7. The molecule has 1 atom stereocenters. The van der Waals surface area contributed by atoms with E-state index in [1.54, 1.807) is 11.3 Å². The van der Waals surface area contributed by atoms with Crippen LogP contribution < -0.4 is 0 Å². The molecule has 1 aromatic heterocycles. The molecule has 6 heteroatoms. The highest BCUT2D eigenvalue weighted by Crippen LogP contribution is 2.30. The van der Waals surface area contributed by atoms with Crippen molar-refractivity contribution in [2.75, 3.05) is 13.1 Å². The molecule has 0 saturated carbocycles. The second-order valence-corrected chi connectivity index (χ2v) is 9.25. The fourth-order valence-corrected chi connectivity index (χ4v) is 5.23. The smallest absolute Gasteiger partial charge is 0.309 e. The largest absolute Gasteiger partial charge is 0.455 e. The third-order valence-corrected chi connectivity index (χ3v) is 7.28. The molecule has 0 radical (unpaired) electrons. The minimum atomic E-state index is -0.379. The van der Waals surface area contributed by atoms with Crippen LogP contribution in [0.2, 0.25) is 0 Å². The number of hydrogen-bond donors (Lipinski definition) is 0. The lowest BCUT2D eigenvalue weighted by atomic mass is 9.95. The number of nitrogens with zero attached hydrogens (tertiary/aromatic N) is 2. The number of thiazole rings is 1. The van der Waals surface area contributed by atoms with E-state index in [0.717, 1.165) is 26.0 Å². The monoisotopic (exact) mass is 444 g/mol. The van der Waals surface area contributed by atoms with Crippen LogP contribution in [0.5, 0.6) is 0 Å². The summed E-state index contributed by atoms with van der Waals surface area (Å²) in [6.07, 6.45) is 0.847. The van der Waals surface area contributed by atoms with Crippen LogP contribution in [0, 0.1) is 5.92 Å². The van der Waals surface area contributed by atoms with Gasteiger partial charge in [-0.25, -0.2) is 4.98 Å². The van der Waals surface area contributed by atoms with E-state index in [-0.39, 0.29) is 23.9 Å². The van der Waals surface area contributed by atoms with Crippen molar-refractivity contribution >= 4 is 44.2 Å². The fraction of sp³-hybridized carbons (Fsp3) is 0.269. The summed E-state index contributed by atoms with van der Waals surface area (Å²) in [4.78, 5) is 32.4. The lowest BCUT2D eigenvalue weighted by molar-refractivity contribution is -0.155. The van der Waals surface area contributed by atoms with Gasteiger partial charge in [0, 0.05) is 18.7 Å². The maximum Gasteiger partial charge on any atom is 0.309 e. The third kappa shape index (κ3) is 3.98. The number of piperidine rings is 1. The molecule has 0 N–H and O–H groups in total. The number of benzene rings is 3. The molecule has 1 fully saturated rings. The van der Waals surface area contributed by atoms with Crippen molar-refractivity contribution in [2.45, 2.75) is 25.9 Å². The number of fused-ring (bicyclic) bond motifs is 2. The predicted octanol–water partition coefficient (Wildman–Crippen LogP) is 5.61. The van der Waals surface area contributed by atoms with E-state index in [2.05, 4.69) is 4.98 Å². The zero-order valence-electron chi connectivity index (χ0n) is 17.9. The van der Waals surface area contributed by atoms with Gasteiger partial charge in [-0.15, -0.1) is 11.3 Å². The molecule has 32 heavy (non-hydrogen) atoms. The third-order valence-electron chi connectivity index (χ3n) is 6.09. The molecule has 1 unspecified atom stereocenters. The van der Waals surface area contributed by atoms with Gasteiger partial charge in [0.1, 0.15) is 5.01 Å². The molecule has 0 spiro atoms. The summed E-state index contributed by atoms with van der Waals surface area (Å²) in [6, 6.07) is 21.7. The first-order chi connectivity index (χ1) is 15.6. The number of carbonyl (C=O) groups excluding carboxylic acids is 2. The number of aromatic nitrogens is 1. The highest BCUT2D eigenvalue weighted by Gasteiger charge is 2.30. The standard InChI is InChI=1S/C26H24N2O3S/c1-17(24-27-22-11-4-5-12-23(22)32-24)31-26(30)19-13-15-28(16-14-19)25(29)21-10-6-8-18-7-2-3-9-20(18)21/h2-12,17,19H,13-16H2,1H3. The fourth-order valence-electron chi connectivity index (χ4n) is 4.29. The molecule has 3 aromatic carbocycles. The first kappa shape index (κ1) is 20.6. The molecule has 1 saturated heterocycles. The Balaban J connectivity index is 1.21. The van der Waals surface area contributed by atoms with Gasteiger partial charge in [0.05, 0.1) is 16.1 Å². The molecule has 5 nitrogen and oxygen atoms in total. The van der Waals surface area contributed by atoms with Crippen molar-refractivity contribution in [1.82, 2.24) is 9.88 Å². The van der Waals surface area contributed by atoms with Crippen LogP contribution >= 0.6 is 11.3 Å². The average Bonchev–Trinajstić information content (AvgIpc) is 3.28. The van der Waals surface area contributed by atoms with Crippen molar-refractivity contribution in [1.29, 1.82) is 0 Å². The van der Waals surface area contributed by atoms with Gasteiger partial charge < -0.3 is 9.64 Å². The lowest BCUT2D eigenvalue weighted by Crippen LogP contribution is -2.40. The number of rotatable bonds is 4. The van der Waals surface area contributed by atoms with Gasteiger partial charge in [-0.3, -0.25) is 9.59 Å². The van der Waals surface area contributed by atoms with Crippen LogP contribution in [0.25, 0.3) is 21.0 Å². The van der Waals surface area contributed by atoms with E-state index in [4.69, 9.17) is 4.74 Å². The summed E-state index contributed by atoms with van der Waals surface area (Å²) < 4.78 is 6.84. The van der Waals surface area contributed by atoms with Gasteiger partial charge in [-0.1, -0.05) is 48.5 Å². The summed E-state index contributed by atoms with van der Waals surface area (Å²) in [6.45, 7) is 2.98. The Bertz CT molecular complexity index is 1250. The Labute approximate surface area is 190 Å². The molecular weight excluding hydrogens is 420 g/mol. The van der Waals surface area contributed by atoms with Crippen LogP contribution in [0.3, 0.4) is 0 Å². The number of amides is 1. The van der Waals surface area contributed by atoms with E-state index in [1.165, 1.54) is 0 Å². The molecule has 5 rings (SSSR count). The van der Waals surface area contributed by atoms with Crippen molar-refractivity contribution < 1.29 is 14.3 Å². The van der Waals surface area contributed by atoms with Gasteiger partial charge >= 0.3 is 5.97 Å². The quantitative estimate of drug-likeness (QED) is 0.384. The first-order valence-electron chi connectivity index (χ1n) is 10.9. The maximum atomic E-state index is 13.1. The summed E-state index contributed by atoms with van der Waals surface area (Å²) in [5, 5.41) is 2.83. The summed E-state index contributed by atoms with van der Waals surface area (Å²) in [5.74, 6) is -0.367. The van der Waals surface area contributed by atoms with E-state index < -0.39 is 0 Å². The van der Waals surface area contributed by atoms with Crippen LogP contribution in [0.1, 0.15) is 41.2 Å². The average molecular weight is 445 g/mol. The van der Waals surface area contributed by atoms with Gasteiger partial charge in [0.2, 0.25) is 0 Å². The SMILES string of the molecule is CC(OC(=O)C1CCN(C(=O)c2cccc3ccccc23)CC1)c1nc2ccccc2s1. The van der Waals surface area contributed by atoms with Crippen LogP contribution in [0.4, 0.5) is 0 Å². The number of likely N-dealkylation sites (tertiary alicyclic amines) is 1. The first-order valence-corrected chi connectivity index (χ1v) is 11.7. The number of esters is 1. The van der Waals surface area contributed by atoms with E-state index in [1.807, 2.05) is 78.6 Å². The molecule has 2 heterocycles. The molecule has 1 aliphatic rings. The molecule has 162 valence electrons. The number of hydrogen-bond acceptors (Lipinski definition) is 5. The highest BCUT2D eigenvalue weighted by molar-refractivity contribution is 7.18. The van der Waals surface area contributed by atoms with E-state index >= 15 is 0 Å². The van der Waals surface area contributed by atoms with Crippen LogP contribution in [-0.2, 0) is 9.53 Å². The maximum absolute atomic E-state index is 13.1. The molecular formula is C26H24N2O3S. The van der Waals surface area contributed by atoms with Crippen molar-refractivity contribution in [3.63, 3.8) is 0 Å².